The van der Waals surface area contributed by atoms with Gasteiger partial charge >= 0.3 is 0 Å². The fourth-order valence-electron chi connectivity index (χ4n) is 2.16. The lowest BCUT2D eigenvalue weighted by atomic mass is 10.1. The van der Waals surface area contributed by atoms with Crippen molar-refractivity contribution in [2.75, 3.05) is 7.05 Å². The summed E-state index contributed by atoms with van der Waals surface area (Å²) in [6.45, 7) is 0.996. The van der Waals surface area contributed by atoms with E-state index in [-0.39, 0.29) is 0 Å². The molecule has 1 aromatic rings. The minimum Gasteiger partial charge on any atom is -0.315 e. The Morgan fingerprint density at radius 1 is 1.50 bits per heavy atom. The Morgan fingerprint density at radius 3 is 2.86 bits per heavy atom. The van der Waals surface area contributed by atoms with Gasteiger partial charge in [-0.3, -0.25) is 0 Å². The van der Waals surface area contributed by atoms with Gasteiger partial charge < -0.3 is 5.32 Å². The quantitative estimate of drug-likeness (QED) is 0.881. The van der Waals surface area contributed by atoms with Crippen molar-refractivity contribution in [3.63, 3.8) is 0 Å². The fraction of sp³-hybridized carbons (Fsp3) is 0.636. The molecule has 1 aromatic heterocycles. The molecular formula is C11H16BrNS. The maximum atomic E-state index is 3.68. The average molecular weight is 274 g/mol. The summed E-state index contributed by atoms with van der Waals surface area (Å²) >= 11 is 5.65. The molecule has 1 heterocycles. The zero-order chi connectivity index (χ0) is 9.97. The normalized spacial score (nSPS) is 17.9. The summed E-state index contributed by atoms with van der Waals surface area (Å²) in [6.07, 6.45) is 5.60. The molecule has 78 valence electrons. The van der Waals surface area contributed by atoms with Crippen molar-refractivity contribution >= 4 is 27.3 Å². The topological polar surface area (TPSA) is 12.0 Å². The Kier molecular flexibility index (Phi) is 3.63. The van der Waals surface area contributed by atoms with Crippen LogP contribution in [-0.2, 0) is 6.54 Å². The smallest absolute Gasteiger partial charge is 0.0320 e. The van der Waals surface area contributed by atoms with Crippen LogP contribution >= 0.6 is 27.3 Å². The zero-order valence-electron chi connectivity index (χ0n) is 8.48. The van der Waals surface area contributed by atoms with Gasteiger partial charge in [-0.15, -0.1) is 11.3 Å². The lowest BCUT2D eigenvalue weighted by molar-refractivity contribution is 0.735. The van der Waals surface area contributed by atoms with Crippen LogP contribution in [0.4, 0.5) is 0 Å². The van der Waals surface area contributed by atoms with Crippen LogP contribution < -0.4 is 5.32 Å². The molecule has 1 aliphatic carbocycles. The predicted molar refractivity (Wildman–Crippen MR) is 66.0 cm³/mol. The summed E-state index contributed by atoms with van der Waals surface area (Å²) in [6, 6.07) is 2.27. The van der Waals surface area contributed by atoms with Crippen molar-refractivity contribution in [2.24, 2.45) is 0 Å². The zero-order valence-corrected chi connectivity index (χ0v) is 10.9. The van der Waals surface area contributed by atoms with Gasteiger partial charge in [-0.2, -0.15) is 0 Å². The van der Waals surface area contributed by atoms with Crippen LogP contribution in [-0.4, -0.2) is 7.05 Å². The van der Waals surface area contributed by atoms with Gasteiger partial charge in [0.15, 0.2) is 0 Å². The third kappa shape index (κ3) is 2.20. The van der Waals surface area contributed by atoms with Crippen LogP contribution in [0.25, 0.3) is 0 Å². The molecule has 0 saturated heterocycles. The maximum absolute atomic E-state index is 3.68. The predicted octanol–water partition coefficient (Wildman–Crippen LogP) is 3.89. The Bertz CT molecular complexity index is 302. The second-order valence-electron chi connectivity index (χ2n) is 3.94. The second kappa shape index (κ2) is 4.77. The van der Waals surface area contributed by atoms with Crippen LogP contribution in [0.1, 0.15) is 41.4 Å². The number of halogens is 1. The Labute approximate surface area is 98.0 Å². The average Bonchev–Trinajstić information content (AvgIpc) is 2.74. The first-order valence-electron chi connectivity index (χ1n) is 5.24. The van der Waals surface area contributed by atoms with Crippen molar-refractivity contribution in [3.8, 4) is 0 Å². The van der Waals surface area contributed by atoms with E-state index in [1.165, 1.54) is 35.0 Å². The highest BCUT2D eigenvalue weighted by Crippen LogP contribution is 2.42. The van der Waals surface area contributed by atoms with Crippen molar-refractivity contribution < 1.29 is 0 Å². The molecule has 1 fully saturated rings. The molecule has 1 N–H and O–H groups in total. The van der Waals surface area contributed by atoms with Crippen molar-refractivity contribution in [3.05, 3.63) is 20.3 Å². The number of nitrogens with one attached hydrogen (secondary N) is 1. The monoisotopic (exact) mass is 273 g/mol. The van der Waals surface area contributed by atoms with Crippen LogP contribution in [0.15, 0.2) is 10.5 Å². The molecule has 0 bridgehead atoms. The van der Waals surface area contributed by atoms with E-state index in [0.717, 1.165) is 12.5 Å². The highest BCUT2D eigenvalue weighted by molar-refractivity contribution is 9.10. The molecule has 0 radical (unpaired) electrons. The third-order valence-corrected chi connectivity index (χ3v) is 5.06. The summed E-state index contributed by atoms with van der Waals surface area (Å²) in [5, 5.41) is 3.20. The van der Waals surface area contributed by atoms with Crippen LogP contribution in [0.2, 0.25) is 0 Å². The first-order chi connectivity index (χ1) is 6.81. The number of hydrogen-bond acceptors (Lipinski definition) is 2. The molecule has 0 spiro atoms. The van der Waals surface area contributed by atoms with E-state index in [9.17, 15) is 0 Å². The van der Waals surface area contributed by atoms with E-state index < -0.39 is 0 Å². The first-order valence-corrected chi connectivity index (χ1v) is 6.85. The van der Waals surface area contributed by atoms with Gasteiger partial charge in [0.2, 0.25) is 0 Å². The highest BCUT2D eigenvalue weighted by Gasteiger charge is 2.21. The van der Waals surface area contributed by atoms with E-state index in [1.54, 1.807) is 4.88 Å². The minimum atomic E-state index is 0.833. The Morgan fingerprint density at radius 2 is 2.21 bits per heavy atom. The van der Waals surface area contributed by atoms with Crippen LogP contribution in [0, 0.1) is 0 Å². The molecule has 14 heavy (non-hydrogen) atoms. The molecule has 0 amide bonds. The number of thiophene rings is 1. The van der Waals surface area contributed by atoms with E-state index in [2.05, 4.69) is 27.3 Å². The van der Waals surface area contributed by atoms with Gasteiger partial charge in [0.05, 0.1) is 0 Å². The van der Waals surface area contributed by atoms with Gasteiger partial charge in [0.1, 0.15) is 0 Å². The third-order valence-electron chi connectivity index (χ3n) is 2.84. The summed E-state index contributed by atoms with van der Waals surface area (Å²) in [7, 11) is 2.00. The number of hydrogen-bond donors (Lipinski definition) is 1. The van der Waals surface area contributed by atoms with E-state index in [0.29, 0.717) is 0 Å². The molecule has 1 aliphatic rings. The standard InChI is InChI=1S/C11H16BrNS/c1-13-7-9-6-10(12)11(14-9)8-4-2-3-5-8/h6,8,13H,2-5,7H2,1H3. The SMILES string of the molecule is CNCc1cc(Br)c(C2CCCC2)s1. The summed E-state index contributed by atoms with van der Waals surface area (Å²) < 4.78 is 1.33. The van der Waals surface area contributed by atoms with Gasteiger partial charge in [-0.1, -0.05) is 12.8 Å². The lowest BCUT2D eigenvalue weighted by Crippen LogP contribution is -2.02. The van der Waals surface area contributed by atoms with Crippen molar-refractivity contribution in [2.45, 2.75) is 38.1 Å². The van der Waals surface area contributed by atoms with E-state index >= 15 is 0 Å². The Hall–Kier alpha value is 0.140. The van der Waals surface area contributed by atoms with Gasteiger partial charge in [0, 0.05) is 20.8 Å². The first kappa shape index (κ1) is 10.7. The lowest BCUT2D eigenvalue weighted by Gasteiger charge is -2.05. The van der Waals surface area contributed by atoms with Crippen molar-refractivity contribution in [1.82, 2.24) is 5.32 Å². The molecule has 1 nitrogen and oxygen atoms in total. The van der Waals surface area contributed by atoms with Crippen LogP contribution in [0.5, 0.6) is 0 Å². The van der Waals surface area contributed by atoms with Gasteiger partial charge in [0.25, 0.3) is 0 Å². The molecule has 3 heteroatoms. The summed E-state index contributed by atoms with van der Waals surface area (Å²) in [4.78, 5) is 3.02. The highest BCUT2D eigenvalue weighted by atomic mass is 79.9. The summed E-state index contributed by atoms with van der Waals surface area (Å²) in [5.41, 5.74) is 0. The molecular weight excluding hydrogens is 258 g/mol. The molecule has 0 aliphatic heterocycles. The molecule has 0 atom stereocenters. The van der Waals surface area contributed by atoms with Crippen molar-refractivity contribution in [1.29, 1.82) is 0 Å². The maximum Gasteiger partial charge on any atom is 0.0320 e. The van der Waals surface area contributed by atoms with E-state index in [1.807, 2.05) is 18.4 Å². The summed E-state index contributed by atoms with van der Waals surface area (Å²) in [5.74, 6) is 0.833. The molecule has 2 rings (SSSR count). The second-order valence-corrected chi connectivity index (χ2v) is 5.96. The largest absolute Gasteiger partial charge is 0.315 e. The van der Waals surface area contributed by atoms with Gasteiger partial charge in [-0.05, 0) is 47.8 Å². The fourth-order valence-corrected chi connectivity index (χ4v) is 4.39. The molecule has 1 saturated carbocycles. The van der Waals surface area contributed by atoms with Crippen LogP contribution in [0.3, 0.4) is 0 Å². The van der Waals surface area contributed by atoms with E-state index in [4.69, 9.17) is 0 Å². The number of rotatable bonds is 3. The molecule has 0 unspecified atom stereocenters. The Balaban J connectivity index is 2.15. The minimum absolute atomic E-state index is 0.833. The van der Waals surface area contributed by atoms with Gasteiger partial charge in [-0.25, -0.2) is 0 Å². The molecule has 0 aromatic carbocycles.